The molecule has 0 aromatic carbocycles. The van der Waals surface area contributed by atoms with Crippen LogP contribution in [0.15, 0.2) is 22.1 Å². The Kier molecular flexibility index (Phi) is 12.7. The molecule has 196 valence electrons. The maximum Gasteiger partial charge on any atom is 0.354 e. The number of carboxylic acids is 1. The minimum atomic E-state index is -1.30. The number of nitrogens with zero attached hydrogens (tertiary/aromatic N) is 7. The lowest BCUT2D eigenvalue weighted by molar-refractivity contribution is -0.109. The van der Waals surface area contributed by atoms with Crippen LogP contribution in [0.1, 0.15) is 61.3 Å². The second kappa shape index (κ2) is 15.1. The molecule has 0 atom stereocenters. The van der Waals surface area contributed by atoms with Crippen LogP contribution in [0.3, 0.4) is 0 Å². The van der Waals surface area contributed by atoms with Gasteiger partial charge in [0.2, 0.25) is 18.1 Å². The largest absolute Gasteiger partial charge is 0.477 e. The number of azide groups is 1. The lowest BCUT2D eigenvalue weighted by atomic mass is 10.2. The van der Waals surface area contributed by atoms with Gasteiger partial charge in [-0.15, -0.1) is 11.8 Å². The Morgan fingerprint density at radius 2 is 1.59 bits per heavy atom. The SMILES string of the molecule is CC(C)Oc1nc(C(=O)O)cc(N=[N+]=[N-])c1C#N.COC(OC)c1cc(SC)c(C#N)c(OC(C)C)n1. The first kappa shape index (κ1) is 31.0. The smallest absolute Gasteiger partial charge is 0.354 e. The van der Waals surface area contributed by atoms with Gasteiger partial charge in [-0.25, -0.2) is 14.8 Å². The van der Waals surface area contributed by atoms with E-state index in [2.05, 4.69) is 26.1 Å². The van der Waals surface area contributed by atoms with E-state index >= 15 is 0 Å². The second-order valence-electron chi connectivity index (χ2n) is 7.49. The zero-order chi connectivity index (χ0) is 28.1. The number of hydrogen-bond acceptors (Lipinski definition) is 11. The standard InChI is InChI=1S/C13H18N2O3S.C10H9N5O3/c1-8(2)18-12-9(7-14)11(19-5)6-10(15-12)13(16-3)17-4;1-5(2)18-9-6(4-11)7(14-15-12)3-8(13-9)10(16)17/h6,8,13H,1-5H3;3,5H,1-2H3,(H,16,17). The van der Waals surface area contributed by atoms with Crippen molar-refractivity contribution >= 4 is 23.4 Å². The molecule has 0 aliphatic rings. The molecule has 14 heteroatoms. The summed E-state index contributed by atoms with van der Waals surface area (Å²) in [6, 6.07) is 6.72. The highest BCUT2D eigenvalue weighted by Crippen LogP contribution is 2.31. The van der Waals surface area contributed by atoms with E-state index in [4.69, 9.17) is 34.8 Å². The molecular weight excluding hydrogens is 502 g/mol. The molecule has 2 rings (SSSR count). The number of thioether (sulfide) groups is 1. The van der Waals surface area contributed by atoms with Gasteiger partial charge in [0.05, 0.1) is 17.9 Å². The number of aromatic nitrogens is 2. The minimum Gasteiger partial charge on any atom is -0.477 e. The number of aromatic carboxylic acids is 1. The van der Waals surface area contributed by atoms with Crippen LogP contribution in [-0.2, 0) is 9.47 Å². The average molecular weight is 530 g/mol. The molecule has 0 fully saturated rings. The van der Waals surface area contributed by atoms with Crippen molar-refractivity contribution in [1.82, 2.24) is 9.97 Å². The molecule has 0 amide bonds. The molecule has 0 unspecified atom stereocenters. The Labute approximate surface area is 218 Å². The lowest BCUT2D eigenvalue weighted by Crippen LogP contribution is -2.12. The summed E-state index contributed by atoms with van der Waals surface area (Å²) in [5.41, 5.74) is 8.84. The molecule has 0 saturated heterocycles. The monoisotopic (exact) mass is 529 g/mol. The molecular formula is C23H27N7O6S. The van der Waals surface area contributed by atoms with E-state index < -0.39 is 12.3 Å². The number of hydrogen-bond donors (Lipinski definition) is 1. The predicted octanol–water partition coefficient (Wildman–Crippen LogP) is 5.13. The summed E-state index contributed by atoms with van der Waals surface area (Å²) in [7, 11) is 3.07. The molecule has 0 bridgehead atoms. The molecule has 0 saturated carbocycles. The van der Waals surface area contributed by atoms with Crippen molar-refractivity contribution in [3.8, 4) is 23.9 Å². The first-order chi connectivity index (χ1) is 17.6. The highest BCUT2D eigenvalue weighted by Gasteiger charge is 2.20. The molecule has 0 aliphatic heterocycles. The first-order valence-corrected chi connectivity index (χ1v) is 11.9. The normalized spacial score (nSPS) is 10.2. The van der Waals surface area contributed by atoms with Crippen LogP contribution in [0.5, 0.6) is 11.8 Å². The van der Waals surface area contributed by atoms with Crippen molar-refractivity contribution in [3.63, 3.8) is 0 Å². The quantitative estimate of drug-likeness (QED) is 0.141. The lowest BCUT2D eigenvalue weighted by Gasteiger charge is -2.17. The highest BCUT2D eigenvalue weighted by molar-refractivity contribution is 7.98. The van der Waals surface area contributed by atoms with Crippen molar-refractivity contribution in [3.05, 3.63) is 45.1 Å². The Bertz CT molecular complexity index is 1230. The van der Waals surface area contributed by atoms with Gasteiger partial charge in [-0.2, -0.15) is 10.5 Å². The van der Waals surface area contributed by atoms with Crippen molar-refractivity contribution in [2.24, 2.45) is 5.11 Å². The van der Waals surface area contributed by atoms with Crippen molar-refractivity contribution in [2.75, 3.05) is 20.5 Å². The van der Waals surface area contributed by atoms with Gasteiger partial charge in [0.15, 0.2) is 5.69 Å². The summed E-state index contributed by atoms with van der Waals surface area (Å²) in [6.45, 7) is 7.17. The van der Waals surface area contributed by atoms with Gasteiger partial charge in [-0.3, -0.25) is 0 Å². The van der Waals surface area contributed by atoms with E-state index in [-0.39, 0.29) is 35.0 Å². The van der Waals surface area contributed by atoms with Crippen LogP contribution >= 0.6 is 11.8 Å². The molecule has 1 N–H and O–H groups in total. The zero-order valence-corrected chi connectivity index (χ0v) is 22.2. The number of ether oxygens (including phenoxy) is 4. The number of rotatable bonds is 10. The number of carbonyl (C=O) groups is 1. The van der Waals surface area contributed by atoms with E-state index in [0.29, 0.717) is 17.1 Å². The van der Waals surface area contributed by atoms with Crippen molar-refractivity contribution < 1.29 is 28.8 Å². The fourth-order valence-electron chi connectivity index (χ4n) is 2.71. The summed E-state index contributed by atoms with van der Waals surface area (Å²) >= 11 is 1.46. The van der Waals surface area contributed by atoms with Crippen LogP contribution < -0.4 is 9.47 Å². The summed E-state index contributed by atoms with van der Waals surface area (Å²) in [4.78, 5) is 22.2. The minimum absolute atomic E-state index is 0.0619. The summed E-state index contributed by atoms with van der Waals surface area (Å²) in [6.07, 6.45) is 0.960. The first-order valence-electron chi connectivity index (χ1n) is 10.7. The Hall–Kier alpha value is -4.07. The zero-order valence-electron chi connectivity index (χ0n) is 21.4. The average Bonchev–Trinajstić information content (AvgIpc) is 2.84. The van der Waals surface area contributed by atoms with Crippen LogP contribution in [0, 0.1) is 22.7 Å². The van der Waals surface area contributed by atoms with Crippen molar-refractivity contribution in [2.45, 2.75) is 51.1 Å². The molecule has 2 aromatic heterocycles. The third kappa shape index (κ3) is 8.83. The number of carboxylic acid groups (broad SMARTS) is 1. The van der Waals surface area contributed by atoms with Crippen LogP contribution in [0.2, 0.25) is 0 Å². The summed E-state index contributed by atoms with van der Waals surface area (Å²) in [5.74, 6) is -1.14. The van der Waals surface area contributed by atoms with E-state index in [9.17, 15) is 10.1 Å². The van der Waals surface area contributed by atoms with Gasteiger partial charge in [0.25, 0.3) is 0 Å². The topological polar surface area (TPSA) is 196 Å². The van der Waals surface area contributed by atoms with E-state index in [1.54, 1.807) is 26.0 Å². The van der Waals surface area contributed by atoms with E-state index in [1.807, 2.05) is 20.1 Å². The van der Waals surface area contributed by atoms with E-state index in [0.717, 1.165) is 11.0 Å². The van der Waals surface area contributed by atoms with Gasteiger partial charge >= 0.3 is 5.97 Å². The van der Waals surface area contributed by atoms with Crippen molar-refractivity contribution in [1.29, 1.82) is 10.5 Å². The fourth-order valence-corrected chi connectivity index (χ4v) is 3.28. The van der Waals surface area contributed by atoms with Gasteiger partial charge in [0, 0.05) is 24.0 Å². The number of methoxy groups -OCH3 is 2. The van der Waals surface area contributed by atoms with Gasteiger partial charge in [-0.1, -0.05) is 5.11 Å². The van der Waals surface area contributed by atoms with Crippen LogP contribution in [0.25, 0.3) is 10.4 Å². The number of pyridine rings is 2. The van der Waals surface area contributed by atoms with Crippen LogP contribution in [0.4, 0.5) is 5.69 Å². The molecule has 2 heterocycles. The molecule has 0 spiro atoms. The molecule has 37 heavy (non-hydrogen) atoms. The van der Waals surface area contributed by atoms with Gasteiger partial charge in [-0.05, 0) is 51.6 Å². The Morgan fingerprint density at radius 3 is 2.00 bits per heavy atom. The Morgan fingerprint density at radius 1 is 1.05 bits per heavy atom. The van der Waals surface area contributed by atoms with E-state index in [1.165, 1.54) is 26.0 Å². The maximum absolute atomic E-state index is 10.9. The van der Waals surface area contributed by atoms with Gasteiger partial charge < -0.3 is 24.1 Å². The summed E-state index contributed by atoms with van der Waals surface area (Å²) < 4.78 is 21.2. The molecule has 13 nitrogen and oxygen atoms in total. The fraction of sp³-hybridized carbons (Fsp3) is 0.435. The van der Waals surface area contributed by atoms with Crippen LogP contribution in [-0.4, -0.2) is 53.7 Å². The third-order valence-corrected chi connectivity index (χ3v) is 4.88. The molecule has 0 aliphatic carbocycles. The maximum atomic E-state index is 10.9. The molecule has 2 aromatic rings. The predicted molar refractivity (Wildman–Crippen MR) is 134 cm³/mol. The van der Waals surface area contributed by atoms with Gasteiger partial charge in [0.1, 0.15) is 29.0 Å². The third-order valence-electron chi connectivity index (χ3n) is 4.11. The number of nitriles is 2. The highest BCUT2D eigenvalue weighted by atomic mass is 32.2. The summed E-state index contributed by atoms with van der Waals surface area (Å²) in [5, 5.41) is 30.3. The Balaban J connectivity index is 0.000000371. The molecule has 0 radical (unpaired) electrons. The second-order valence-corrected chi connectivity index (χ2v) is 8.34.